The minimum Gasteiger partial charge on any atom is -0.480 e. The summed E-state index contributed by atoms with van der Waals surface area (Å²) in [7, 11) is -1.01. The zero-order valence-electron chi connectivity index (χ0n) is 13.4. The number of furan rings is 1. The number of carbonyl (C=O) groups is 1. The first-order chi connectivity index (χ1) is 11.9. The van der Waals surface area contributed by atoms with E-state index in [9.17, 15) is 9.36 Å². The number of hydrogen-bond acceptors (Lipinski definition) is 7. The topological polar surface area (TPSA) is 84.2 Å². The minimum atomic E-state index is -3.50. The number of esters is 1. The molecule has 0 atom stereocenters. The van der Waals surface area contributed by atoms with Gasteiger partial charge in [-0.15, -0.1) is 0 Å². The van der Waals surface area contributed by atoms with E-state index in [1.807, 2.05) is 0 Å². The maximum absolute atomic E-state index is 12.4. The van der Waals surface area contributed by atoms with Crippen molar-refractivity contribution in [3.05, 3.63) is 46.3 Å². The van der Waals surface area contributed by atoms with Gasteiger partial charge in [0.25, 0.3) is 0 Å². The van der Waals surface area contributed by atoms with Gasteiger partial charge in [0.15, 0.2) is 12.4 Å². The first-order valence-corrected chi connectivity index (χ1v) is 9.21. The average Bonchev–Trinajstić information content (AvgIpc) is 3.07. The number of rotatable bonds is 8. The molecule has 25 heavy (non-hydrogen) atoms. The van der Waals surface area contributed by atoms with Gasteiger partial charge in [-0.1, -0.05) is 23.2 Å². The molecule has 7 nitrogen and oxygen atoms in total. The lowest BCUT2D eigenvalue weighted by Gasteiger charge is -2.13. The van der Waals surface area contributed by atoms with E-state index in [1.54, 1.807) is 6.07 Å². The van der Waals surface area contributed by atoms with E-state index < -0.39 is 13.6 Å². The molecule has 0 radical (unpaired) electrons. The molecule has 2 rings (SSSR count). The van der Waals surface area contributed by atoms with Crippen LogP contribution >= 0.6 is 30.8 Å². The van der Waals surface area contributed by atoms with Crippen molar-refractivity contribution in [3.63, 3.8) is 0 Å². The normalized spacial score (nSPS) is 11.4. The number of benzene rings is 1. The van der Waals surface area contributed by atoms with Crippen LogP contribution in [0.4, 0.5) is 0 Å². The Hall–Kier alpha value is -1.50. The second kappa shape index (κ2) is 8.74. The summed E-state index contributed by atoms with van der Waals surface area (Å²) < 4.78 is 37.6. The predicted octanol–water partition coefficient (Wildman–Crippen LogP) is 3.82. The van der Waals surface area contributed by atoms with Crippen LogP contribution < -0.4 is 10.0 Å². The Labute approximate surface area is 154 Å². The van der Waals surface area contributed by atoms with Crippen molar-refractivity contribution in [3.8, 4) is 5.75 Å². The van der Waals surface area contributed by atoms with Gasteiger partial charge in [-0.3, -0.25) is 4.57 Å². The largest absolute Gasteiger partial charge is 0.480 e. The van der Waals surface area contributed by atoms with Gasteiger partial charge in [0.2, 0.25) is 0 Å². The molecule has 0 spiro atoms. The third-order valence-corrected chi connectivity index (χ3v) is 5.58. The van der Waals surface area contributed by atoms with Crippen molar-refractivity contribution in [1.82, 2.24) is 0 Å². The monoisotopic (exact) mass is 408 g/mol. The Morgan fingerprint density at radius 2 is 1.92 bits per heavy atom. The summed E-state index contributed by atoms with van der Waals surface area (Å²) in [4.78, 5) is 11.8. The van der Waals surface area contributed by atoms with Gasteiger partial charge >= 0.3 is 13.6 Å². The maximum atomic E-state index is 12.4. The average molecular weight is 409 g/mol. The molecule has 0 unspecified atom stereocenters. The van der Waals surface area contributed by atoms with Crippen LogP contribution in [0.2, 0.25) is 10.0 Å². The lowest BCUT2D eigenvalue weighted by atomic mass is 10.3. The molecular formula is C15H15Cl2O7P. The number of halogens is 2. The fourth-order valence-electron chi connectivity index (χ4n) is 1.87. The van der Waals surface area contributed by atoms with Crippen LogP contribution in [-0.4, -0.2) is 26.8 Å². The van der Waals surface area contributed by atoms with Crippen LogP contribution in [0.15, 0.2) is 34.9 Å². The van der Waals surface area contributed by atoms with Gasteiger partial charge in [0, 0.05) is 19.2 Å². The SMILES string of the molecule is COP(=O)(OC)c1ccoc1COC(=O)COc1ccc(Cl)cc1Cl. The highest BCUT2D eigenvalue weighted by Gasteiger charge is 2.30. The standard InChI is InChI=1S/C15H15Cl2O7P/c1-20-25(19,21-2)14-5-6-22-13(14)8-24-15(18)9-23-12-4-3-10(16)7-11(12)17/h3-7H,8-9H2,1-2H3. The van der Waals surface area contributed by atoms with Gasteiger partial charge in [-0.05, 0) is 24.3 Å². The van der Waals surface area contributed by atoms with E-state index in [-0.39, 0.29) is 29.3 Å². The summed E-state index contributed by atoms with van der Waals surface area (Å²) in [5.74, 6) is -0.215. The maximum Gasteiger partial charge on any atom is 0.364 e. The van der Waals surface area contributed by atoms with Crippen molar-refractivity contribution >= 4 is 42.1 Å². The van der Waals surface area contributed by atoms with Crippen LogP contribution in [0.3, 0.4) is 0 Å². The minimum absolute atomic E-state index is 0.157. The second-order valence-electron chi connectivity index (χ2n) is 4.62. The molecule has 0 aliphatic rings. The van der Waals surface area contributed by atoms with E-state index in [0.29, 0.717) is 10.8 Å². The molecule has 1 heterocycles. The Bertz CT molecular complexity index is 782. The molecule has 10 heteroatoms. The molecule has 0 saturated carbocycles. The molecule has 0 aliphatic heterocycles. The molecule has 136 valence electrons. The molecule has 2 aromatic rings. The third-order valence-electron chi connectivity index (χ3n) is 3.10. The van der Waals surface area contributed by atoms with E-state index in [4.69, 9.17) is 46.1 Å². The third kappa shape index (κ3) is 5.00. The Morgan fingerprint density at radius 3 is 2.56 bits per heavy atom. The molecular weight excluding hydrogens is 394 g/mol. The molecule has 0 fully saturated rings. The zero-order chi connectivity index (χ0) is 18.4. The molecule has 0 bridgehead atoms. The van der Waals surface area contributed by atoms with Gasteiger partial charge in [0.1, 0.15) is 17.7 Å². The highest BCUT2D eigenvalue weighted by Crippen LogP contribution is 2.46. The lowest BCUT2D eigenvalue weighted by Crippen LogP contribution is -2.17. The van der Waals surface area contributed by atoms with Crippen LogP contribution in [0.5, 0.6) is 5.75 Å². The van der Waals surface area contributed by atoms with Crippen molar-refractivity contribution in [2.24, 2.45) is 0 Å². The Kier molecular flexibility index (Phi) is 6.93. The van der Waals surface area contributed by atoms with Crippen molar-refractivity contribution in [2.45, 2.75) is 6.61 Å². The molecule has 1 aromatic carbocycles. The van der Waals surface area contributed by atoms with Gasteiger partial charge in [-0.2, -0.15) is 0 Å². The first-order valence-electron chi connectivity index (χ1n) is 6.91. The summed E-state index contributed by atoms with van der Waals surface area (Å²) in [5.41, 5.74) is 0. The number of carbonyl (C=O) groups excluding carboxylic acids is 1. The van der Waals surface area contributed by atoms with Crippen LogP contribution in [0, 0.1) is 0 Å². The quantitative estimate of drug-likeness (QED) is 0.484. The zero-order valence-corrected chi connectivity index (χ0v) is 15.8. The number of ether oxygens (including phenoxy) is 2. The fourth-order valence-corrected chi connectivity index (χ4v) is 3.55. The smallest absolute Gasteiger partial charge is 0.364 e. The van der Waals surface area contributed by atoms with E-state index in [1.165, 1.54) is 38.7 Å². The van der Waals surface area contributed by atoms with E-state index in [2.05, 4.69) is 0 Å². The molecule has 0 aliphatic carbocycles. The van der Waals surface area contributed by atoms with Gasteiger partial charge in [-0.25, -0.2) is 4.79 Å². The highest BCUT2D eigenvalue weighted by molar-refractivity contribution is 7.62. The fraction of sp³-hybridized carbons (Fsp3) is 0.267. The molecule has 0 amide bonds. The van der Waals surface area contributed by atoms with Crippen molar-refractivity contribution in [2.75, 3.05) is 20.8 Å². The highest BCUT2D eigenvalue weighted by atomic mass is 35.5. The summed E-state index contributed by atoms with van der Waals surface area (Å²) in [6.45, 7) is -0.626. The summed E-state index contributed by atoms with van der Waals surface area (Å²) >= 11 is 11.7. The molecule has 0 saturated heterocycles. The molecule has 1 aromatic heterocycles. The second-order valence-corrected chi connectivity index (χ2v) is 7.67. The summed E-state index contributed by atoms with van der Waals surface area (Å²) in [6.07, 6.45) is 1.30. The molecule has 0 N–H and O–H groups in total. The van der Waals surface area contributed by atoms with E-state index in [0.717, 1.165) is 0 Å². The van der Waals surface area contributed by atoms with Crippen LogP contribution in [-0.2, 0) is 29.8 Å². The predicted molar refractivity (Wildman–Crippen MR) is 91.7 cm³/mol. The summed E-state index contributed by atoms with van der Waals surface area (Å²) in [5, 5.41) is 0.910. The van der Waals surface area contributed by atoms with E-state index >= 15 is 0 Å². The Morgan fingerprint density at radius 1 is 1.20 bits per heavy atom. The van der Waals surface area contributed by atoms with Crippen LogP contribution in [0.25, 0.3) is 0 Å². The summed E-state index contributed by atoms with van der Waals surface area (Å²) in [6, 6.07) is 6.04. The van der Waals surface area contributed by atoms with Crippen molar-refractivity contribution < 1.29 is 32.3 Å². The first kappa shape index (κ1) is 19.8. The Balaban J connectivity index is 1.93. The van der Waals surface area contributed by atoms with Crippen molar-refractivity contribution in [1.29, 1.82) is 0 Å². The van der Waals surface area contributed by atoms with Gasteiger partial charge < -0.3 is 22.9 Å². The van der Waals surface area contributed by atoms with Gasteiger partial charge in [0.05, 0.1) is 11.3 Å². The lowest BCUT2D eigenvalue weighted by molar-refractivity contribution is -0.147. The number of hydrogen-bond donors (Lipinski definition) is 0. The van der Waals surface area contributed by atoms with Crippen LogP contribution in [0.1, 0.15) is 5.76 Å².